The highest BCUT2D eigenvalue weighted by Crippen LogP contribution is 2.20. The number of nitrogens with zero attached hydrogens (tertiary/aromatic N) is 1. The molecule has 2 rings (SSSR count). The first-order valence-corrected chi connectivity index (χ1v) is 6.85. The average Bonchev–Trinajstić information content (AvgIpc) is 2.39. The third-order valence-electron chi connectivity index (χ3n) is 3.77. The Morgan fingerprint density at radius 1 is 1.33 bits per heavy atom. The lowest BCUT2D eigenvalue weighted by atomic mass is 9.96. The maximum atomic E-state index is 6.18. The van der Waals surface area contributed by atoms with Crippen LogP contribution in [-0.4, -0.2) is 32.3 Å². The second kappa shape index (κ2) is 6.21. The minimum atomic E-state index is 0.276. The van der Waals surface area contributed by atoms with Gasteiger partial charge >= 0.3 is 0 Å². The second-order valence-electron chi connectivity index (χ2n) is 5.16. The molecule has 1 aromatic rings. The molecule has 0 aliphatic carbocycles. The summed E-state index contributed by atoms with van der Waals surface area (Å²) >= 11 is 0. The van der Waals surface area contributed by atoms with Gasteiger partial charge in [-0.15, -0.1) is 0 Å². The Hall–Kier alpha value is -1.06. The fourth-order valence-electron chi connectivity index (χ4n) is 2.46. The zero-order chi connectivity index (χ0) is 13.0. The van der Waals surface area contributed by atoms with Gasteiger partial charge in [0.2, 0.25) is 0 Å². The Bertz CT molecular complexity index is 363. The van der Waals surface area contributed by atoms with Gasteiger partial charge < -0.3 is 15.4 Å². The van der Waals surface area contributed by atoms with Crippen molar-refractivity contribution in [1.82, 2.24) is 0 Å². The molecule has 1 aliphatic rings. The van der Waals surface area contributed by atoms with Gasteiger partial charge in [-0.05, 0) is 32.4 Å². The van der Waals surface area contributed by atoms with E-state index in [1.165, 1.54) is 11.3 Å². The van der Waals surface area contributed by atoms with Gasteiger partial charge in [0.05, 0.1) is 6.61 Å². The van der Waals surface area contributed by atoms with Crippen LogP contribution in [-0.2, 0) is 4.74 Å². The number of hydrogen-bond donors (Lipinski definition) is 1. The molecule has 0 amide bonds. The zero-order valence-corrected chi connectivity index (χ0v) is 11.4. The van der Waals surface area contributed by atoms with Gasteiger partial charge in [-0.25, -0.2) is 0 Å². The van der Waals surface area contributed by atoms with E-state index in [0.717, 1.165) is 32.7 Å². The van der Waals surface area contributed by atoms with Gasteiger partial charge in [-0.3, -0.25) is 0 Å². The molecule has 3 heteroatoms. The molecule has 1 saturated heterocycles. The standard InChI is InChI=1S/C15H24N2O/c1-3-17(14-6-4-12(2)5-7-14)10-13-11-18-9-8-15(13)16/h4-7,13,15H,3,8-11,16H2,1-2H3. The molecule has 1 aliphatic heterocycles. The van der Waals surface area contributed by atoms with Crippen LogP contribution in [0.15, 0.2) is 24.3 Å². The average molecular weight is 248 g/mol. The molecule has 0 aromatic heterocycles. The van der Waals surface area contributed by atoms with E-state index in [9.17, 15) is 0 Å². The molecule has 2 atom stereocenters. The lowest BCUT2D eigenvalue weighted by molar-refractivity contribution is 0.0447. The predicted molar refractivity (Wildman–Crippen MR) is 76.0 cm³/mol. The third kappa shape index (κ3) is 3.24. The second-order valence-corrected chi connectivity index (χ2v) is 5.16. The Morgan fingerprint density at radius 2 is 2.06 bits per heavy atom. The van der Waals surface area contributed by atoms with Gasteiger partial charge in [0.1, 0.15) is 0 Å². The maximum Gasteiger partial charge on any atom is 0.0526 e. The molecule has 1 heterocycles. The number of rotatable bonds is 4. The van der Waals surface area contributed by atoms with Crippen molar-refractivity contribution >= 4 is 5.69 Å². The first kappa shape index (κ1) is 13.4. The summed E-state index contributed by atoms with van der Waals surface area (Å²) in [7, 11) is 0. The molecule has 1 fully saturated rings. The van der Waals surface area contributed by atoms with Crippen LogP contribution in [0.25, 0.3) is 0 Å². The van der Waals surface area contributed by atoms with E-state index in [4.69, 9.17) is 10.5 Å². The van der Waals surface area contributed by atoms with E-state index < -0.39 is 0 Å². The van der Waals surface area contributed by atoms with Gasteiger partial charge in [-0.1, -0.05) is 17.7 Å². The molecular formula is C15H24N2O. The fraction of sp³-hybridized carbons (Fsp3) is 0.600. The summed E-state index contributed by atoms with van der Waals surface area (Å²) in [6, 6.07) is 8.98. The van der Waals surface area contributed by atoms with Gasteiger partial charge in [0.15, 0.2) is 0 Å². The van der Waals surface area contributed by atoms with Crippen LogP contribution in [0.3, 0.4) is 0 Å². The van der Waals surface area contributed by atoms with Crippen molar-refractivity contribution in [3.05, 3.63) is 29.8 Å². The quantitative estimate of drug-likeness (QED) is 0.887. The summed E-state index contributed by atoms with van der Waals surface area (Å²) in [4.78, 5) is 2.39. The minimum Gasteiger partial charge on any atom is -0.381 e. The van der Waals surface area contributed by atoms with Crippen molar-refractivity contribution in [3.8, 4) is 0 Å². The SMILES string of the molecule is CCN(CC1COCCC1N)c1ccc(C)cc1. The zero-order valence-electron chi connectivity index (χ0n) is 11.4. The van der Waals surface area contributed by atoms with E-state index in [1.54, 1.807) is 0 Å². The molecule has 0 spiro atoms. The van der Waals surface area contributed by atoms with E-state index in [-0.39, 0.29) is 6.04 Å². The molecule has 100 valence electrons. The molecule has 2 N–H and O–H groups in total. The number of aryl methyl sites for hydroxylation is 1. The Morgan fingerprint density at radius 3 is 2.67 bits per heavy atom. The van der Waals surface area contributed by atoms with Crippen LogP contribution in [0.4, 0.5) is 5.69 Å². The largest absolute Gasteiger partial charge is 0.381 e. The first-order valence-electron chi connectivity index (χ1n) is 6.85. The highest BCUT2D eigenvalue weighted by Gasteiger charge is 2.24. The first-order chi connectivity index (χ1) is 8.70. The lowest BCUT2D eigenvalue weighted by Gasteiger charge is -2.34. The van der Waals surface area contributed by atoms with Gasteiger partial charge in [0.25, 0.3) is 0 Å². The fourth-order valence-corrected chi connectivity index (χ4v) is 2.46. The summed E-state index contributed by atoms with van der Waals surface area (Å²) in [5.74, 6) is 0.444. The highest BCUT2D eigenvalue weighted by atomic mass is 16.5. The van der Waals surface area contributed by atoms with Gasteiger partial charge in [-0.2, -0.15) is 0 Å². The molecule has 3 nitrogen and oxygen atoms in total. The third-order valence-corrected chi connectivity index (χ3v) is 3.77. The van der Waals surface area contributed by atoms with E-state index in [1.807, 2.05) is 0 Å². The predicted octanol–water partition coefficient (Wildman–Crippen LogP) is 2.19. The molecule has 0 radical (unpaired) electrons. The summed E-state index contributed by atoms with van der Waals surface area (Å²) in [6.07, 6.45) is 0.982. The number of nitrogens with two attached hydrogens (primary N) is 1. The molecule has 2 unspecified atom stereocenters. The van der Waals surface area contributed by atoms with E-state index in [0.29, 0.717) is 5.92 Å². The lowest BCUT2D eigenvalue weighted by Crippen LogP contribution is -2.45. The molecular weight excluding hydrogens is 224 g/mol. The van der Waals surface area contributed by atoms with Crippen molar-refractivity contribution in [3.63, 3.8) is 0 Å². The molecule has 0 saturated carbocycles. The monoisotopic (exact) mass is 248 g/mol. The van der Waals surface area contributed by atoms with Crippen molar-refractivity contribution in [2.24, 2.45) is 11.7 Å². The summed E-state index contributed by atoms with van der Waals surface area (Å²) in [5.41, 5.74) is 8.75. The Balaban J connectivity index is 2.02. The van der Waals surface area contributed by atoms with E-state index in [2.05, 4.69) is 43.0 Å². The van der Waals surface area contributed by atoms with Crippen LogP contribution in [0.1, 0.15) is 18.9 Å². The number of hydrogen-bond acceptors (Lipinski definition) is 3. The van der Waals surface area contributed by atoms with Crippen LogP contribution >= 0.6 is 0 Å². The Labute approximate surface area is 110 Å². The highest BCUT2D eigenvalue weighted by molar-refractivity contribution is 5.47. The number of ether oxygens (including phenoxy) is 1. The van der Waals surface area contributed by atoms with Crippen molar-refractivity contribution in [2.45, 2.75) is 26.3 Å². The van der Waals surface area contributed by atoms with Crippen molar-refractivity contribution in [2.75, 3.05) is 31.2 Å². The number of benzene rings is 1. The van der Waals surface area contributed by atoms with Crippen LogP contribution in [0.5, 0.6) is 0 Å². The smallest absolute Gasteiger partial charge is 0.0526 e. The molecule has 18 heavy (non-hydrogen) atoms. The van der Waals surface area contributed by atoms with Crippen LogP contribution in [0, 0.1) is 12.8 Å². The summed E-state index contributed by atoms with van der Waals surface area (Å²) in [6.45, 7) is 7.91. The molecule has 0 bridgehead atoms. The summed E-state index contributed by atoms with van der Waals surface area (Å²) in [5, 5.41) is 0. The minimum absolute atomic E-state index is 0.276. The maximum absolute atomic E-state index is 6.18. The summed E-state index contributed by atoms with van der Waals surface area (Å²) < 4.78 is 5.55. The van der Waals surface area contributed by atoms with Crippen LogP contribution < -0.4 is 10.6 Å². The molecule has 1 aromatic carbocycles. The topological polar surface area (TPSA) is 38.5 Å². The van der Waals surface area contributed by atoms with Gasteiger partial charge in [0, 0.05) is 37.3 Å². The number of anilines is 1. The normalized spacial score (nSPS) is 23.9. The Kier molecular flexibility index (Phi) is 4.61. The van der Waals surface area contributed by atoms with Crippen LogP contribution in [0.2, 0.25) is 0 Å². The van der Waals surface area contributed by atoms with Crippen molar-refractivity contribution in [1.29, 1.82) is 0 Å². The van der Waals surface area contributed by atoms with E-state index >= 15 is 0 Å². The van der Waals surface area contributed by atoms with Crippen molar-refractivity contribution < 1.29 is 4.74 Å².